The molecule has 2 atom stereocenters. The van der Waals surface area contributed by atoms with Crippen LogP contribution in [-0.4, -0.2) is 60.3 Å². The predicted octanol–water partition coefficient (Wildman–Crippen LogP) is 0.871. The largest absolute Gasteiger partial charge is 0.508 e. The molecule has 0 aliphatic carbocycles. The van der Waals surface area contributed by atoms with Crippen molar-refractivity contribution in [3.05, 3.63) is 59.7 Å². The van der Waals surface area contributed by atoms with E-state index in [-0.39, 0.29) is 11.3 Å². The number of phenolic OH excluding ortho intramolecular Hbond substituents is 3. The van der Waals surface area contributed by atoms with E-state index in [2.05, 4.69) is 0 Å². The molecule has 0 bridgehead atoms. The Bertz CT molecular complexity index is 980. The Morgan fingerprint density at radius 2 is 1.60 bits per heavy atom. The molecule has 0 fully saturated rings. The van der Waals surface area contributed by atoms with Crippen LogP contribution in [0.5, 0.6) is 17.2 Å². The molecule has 0 aromatic heterocycles. The molecular weight excluding hydrogens is 400 g/mol. The predicted molar refractivity (Wildman–Crippen MR) is 101 cm³/mol. The maximum Gasteiger partial charge on any atom is 0.348 e. The molecule has 2 aromatic rings. The summed E-state index contributed by atoms with van der Waals surface area (Å²) in [6.07, 6.45) is -1.26. The minimum absolute atomic E-state index is 0.00698. The van der Waals surface area contributed by atoms with Crippen LogP contribution in [0.3, 0.4) is 0 Å². The molecule has 6 N–H and O–H groups in total. The molecule has 158 valence electrons. The van der Waals surface area contributed by atoms with E-state index in [1.807, 2.05) is 0 Å². The van der Waals surface area contributed by atoms with Crippen LogP contribution >= 0.6 is 0 Å². The van der Waals surface area contributed by atoms with Crippen LogP contribution in [0.25, 0.3) is 6.08 Å². The normalized spacial score (nSPS) is 14.0. The topological polar surface area (TPSA) is 182 Å². The van der Waals surface area contributed by atoms with Gasteiger partial charge >= 0.3 is 17.9 Å². The lowest BCUT2D eigenvalue weighted by molar-refractivity contribution is -0.192. The second-order valence-corrected chi connectivity index (χ2v) is 6.31. The summed E-state index contributed by atoms with van der Waals surface area (Å²) in [4.78, 5) is 35.2. The van der Waals surface area contributed by atoms with Gasteiger partial charge in [-0.05, 0) is 41.5 Å². The van der Waals surface area contributed by atoms with Gasteiger partial charge in [-0.15, -0.1) is 0 Å². The van der Waals surface area contributed by atoms with E-state index in [1.54, 1.807) is 0 Å². The van der Waals surface area contributed by atoms with Gasteiger partial charge in [0.15, 0.2) is 11.5 Å². The van der Waals surface area contributed by atoms with Gasteiger partial charge < -0.3 is 35.4 Å². The molecule has 2 aromatic carbocycles. The molecule has 0 saturated carbocycles. The molecule has 0 radical (unpaired) electrons. The fourth-order valence-corrected chi connectivity index (χ4v) is 2.53. The number of rotatable bonds is 8. The second kappa shape index (κ2) is 8.97. The first-order chi connectivity index (χ1) is 14.0. The second-order valence-electron chi connectivity index (χ2n) is 6.31. The first kappa shape index (κ1) is 22.2. The van der Waals surface area contributed by atoms with Crippen molar-refractivity contribution in [1.82, 2.24) is 0 Å². The zero-order chi connectivity index (χ0) is 22.5. The highest BCUT2D eigenvalue weighted by Crippen LogP contribution is 2.29. The van der Waals surface area contributed by atoms with E-state index in [4.69, 9.17) is 4.74 Å². The standard InChI is InChI=1S/C20H18O10/c21-13-5-1-11(2-6-13)4-8-16(24)30-17(18(25)26)20(29,19(27)28)10-12-3-7-14(22)15(23)9-12/h1-9,17,21-23,29H,10H2,(H,25,26)(H,27,28)/b8-4+/t17-,20-/m1/s1. The van der Waals surface area contributed by atoms with Crippen molar-refractivity contribution < 1.29 is 49.8 Å². The average molecular weight is 418 g/mol. The number of hydrogen-bond donors (Lipinski definition) is 6. The monoisotopic (exact) mass is 418 g/mol. The van der Waals surface area contributed by atoms with Crippen LogP contribution in [0.2, 0.25) is 0 Å². The van der Waals surface area contributed by atoms with Crippen molar-refractivity contribution in [2.75, 3.05) is 0 Å². The third-order valence-corrected chi connectivity index (χ3v) is 4.08. The fraction of sp³-hybridized carbons (Fsp3) is 0.150. The molecule has 0 aliphatic heterocycles. The lowest BCUT2D eigenvalue weighted by atomic mass is 9.88. The van der Waals surface area contributed by atoms with E-state index < -0.39 is 47.5 Å². The molecule has 10 nitrogen and oxygen atoms in total. The molecule has 0 saturated heterocycles. The number of carboxylic acids is 2. The third kappa shape index (κ3) is 5.26. The maximum atomic E-state index is 12.0. The number of carbonyl (C=O) groups excluding carboxylic acids is 1. The summed E-state index contributed by atoms with van der Waals surface area (Å²) in [5.74, 6) is -6.23. The van der Waals surface area contributed by atoms with Crippen LogP contribution in [0, 0.1) is 0 Å². The highest BCUT2D eigenvalue weighted by molar-refractivity contribution is 5.93. The number of hydrogen-bond acceptors (Lipinski definition) is 8. The van der Waals surface area contributed by atoms with Crippen molar-refractivity contribution in [2.24, 2.45) is 0 Å². The Morgan fingerprint density at radius 3 is 2.13 bits per heavy atom. The number of esters is 1. The van der Waals surface area contributed by atoms with E-state index in [0.29, 0.717) is 5.56 Å². The number of benzene rings is 2. The van der Waals surface area contributed by atoms with Crippen LogP contribution in [0.4, 0.5) is 0 Å². The van der Waals surface area contributed by atoms with E-state index in [9.17, 15) is 45.0 Å². The Morgan fingerprint density at radius 1 is 0.967 bits per heavy atom. The van der Waals surface area contributed by atoms with Crippen molar-refractivity contribution >= 4 is 24.0 Å². The smallest absolute Gasteiger partial charge is 0.348 e. The summed E-state index contributed by atoms with van der Waals surface area (Å²) in [6.45, 7) is 0. The quantitative estimate of drug-likeness (QED) is 0.204. The number of phenols is 3. The van der Waals surface area contributed by atoms with Crippen LogP contribution < -0.4 is 0 Å². The van der Waals surface area contributed by atoms with E-state index in [1.165, 1.54) is 30.3 Å². The summed E-state index contributed by atoms with van der Waals surface area (Å²) in [7, 11) is 0. The molecule has 30 heavy (non-hydrogen) atoms. The Kier molecular flexibility index (Phi) is 6.65. The first-order valence-corrected chi connectivity index (χ1v) is 8.40. The van der Waals surface area contributed by atoms with Gasteiger partial charge in [0.1, 0.15) is 5.75 Å². The van der Waals surface area contributed by atoms with Crippen molar-refractivity contribution in [1.29, 1.82) is 0 Å². The van der Waals surface area contributed by atoms with Gasteiger partial charge in [0.05, 0.1) is 0 Å². The van der Waals surface area contributed by atoms with Gasteiger partial charge in [0, 0.05) is 12.5 Å². The molecular formula is C20H18O10. The molecule has 0 spiro atoms. The van der Waals surface area contributed by atoms with E-state index >= 15 is 0 Å². The van der Waals surface area contributed by atoms with Gasteiger partial charge in [-0.1, -0.05) is 18.2 Å². The number of ether oxygens (including phenoxy) is 1. The number of aromatic hydroxyl groups is 3. The van der Waals surface area contributed by atoms with Gasteiger partial charge in [-0.2, -0.15) is 0 Å². The van der Waals surface area contributed by atoms with Gasteiger partial charge in [0.25, 0.3) is 0 Å². The molecule has 2 rings (SSSR count). The summed E-state index contributed by atoms with van der Waals surface area (Å²) in [5, 5.41) is 57.4. The molecule has 10 heteroatoms. The van der Waals surface area contributed by atoms with Crippen molar-refractivity contribution in [3.63, 3.8) is 0 Å². The van der Waals surface area contributed by atoms with Gasteiger partial charge in [-0.25, -0.2) is 14.4 Å². The van der Waals surface area contributed by atoms with Crippen LogP contribution in [-0.2, 0) is 25.5 Å². The summed E-state index contributed by atoms with van der Waals surface area (Å²) < 4.78 is 4.69. The highest BCUT2D eigenvalue weighted by atomic mass is 16.6. The van der Waals surface area contributed by atoms with Crippen LogP contribution in [0.1, 0.15) is 11.1 Å². The molecule has 0 unspecified atom stereocenters. The Labute approximate surface area is 169 Å². The Hall–Kier alpha value is -4.05. The number of aliphatic hydroxyl groups is 1. The average Bonchev–Trinajstić information content (AvgIpc) is 2.68. The molecule has 0 heterocycles. The lowest BCUT2D eigenvalue weighted by Gasteiger charge is -2.29. The lowest BCUT2D eigenvalue weighted by Crippen LogP contribution is -2.56. The van der Waals surface area contributed by atoms with Crippen LogP contribution in [0.15, 0.2) is 48.5 Å². The van der Waals surface area contributed by atoms with E-state index in [0.717, 1.165) is 24.3 Å². The minimum Gasteiger partial charge on any atom is -0.508 e. The minimum atomic E-state index is -3.07. The summed E-state index contributed by atoms with van der Waals surface area (Å²) >= 11 is 0. The fourth-order valence-electron chi connectivity index (χ4n) is 2.53. The zero-order valence-corrected chi connectivity index (χ0v) is 15.3. The Balaban J connectivity index is 2.25. The molecule has 0 amide bonds. The number of carboxylic acid groups (broad SMARTS) is 2. The molecule has 0 aliphatic rings. The summed E-state index contributed by atoms with van der Waals surface area (Å²) in [6, 6.07) is 8.73. The van der Waals surface area contributed by atoms with Gasteiger partial charge in [0.2, 0.25) is 11.7 Å². The van der Waals surface area contributed by atoms with Crippen molar-refractivity contribution in [3.8, 4) is 17.2 Å². The number of aliphatic carboxylic acids is 2. The SMILES string of the molecule is O=C(/C=C/c1ccc(O)cc1)O[C@H](C(=O)O)[C@](O)(Cc1ccc(O)c(O)c1)C(=O)O. The number of carbonyl (C=O) groups is 3. The highest BCUT2D eigenvalue weighted by Gasteiger charge is 2.51. The third-order valence-electron chi connectivity index (χ3n) is 4.08. The first-order valence-electron chi connectivity index (χ1n) is 8.40. The maximum absolute atomic E-state index is 12.0. The zero-order valence-electron chi connectivity index (χ0n) is 15.3. The summed E-state index contributed by atoms with van der Waals surface area (Å²) in [5.41, 5.74) is -2.64. The van der Waals surface area contributed by atoms with Crippen molar-refractivity contribution in [2.45, 2.75) is 18.1 Å². The van der Waals surface area contributed by atoms with Gasteiger partial charge in [-0.3, -0.25) is 0 Å².